The van der Waals surface area contributed by atoms with Crippen LogP contribution in [0.15, 0.2) is 60.4 Å². The lowest BCUT2D eigenvalue weighted by molar-refractivity contribution is -0.138. The zero-order valence-electron chi connectivity index (χ0n) is 19.2. The maximum absolute atomic E-state index is 13.2. The molecular formula is C27H33FN2O3. The fourth-order valence-corrected chi connectivity index (χ4v) is 5.39. The average molecular weight is 453 g/mol. The summed E-state index contributed by atoms with van der Waals surface area (Å²) >= 11 is 0. The summed E-state index contributed by atoms with van der Waals surface area (Å²) in [6.45, 7) is 0.788. The Bertz CT molecular complexity index is 978. The van der Waals surface area contributed by atoms with Crippen molar-refractivity contribution in [1.82, 2.24) is 5.32 Å². The van der Waals surface area contributed by atoms with Crippen LogP contribution in [0.1, 0.15) is 49.7 Å². The second-order valence-electron chi connectivity index (χ2n) is 9.34. The molecule has 5 rings (SSSR count). The number of hydrogen-bond acceptors (Lipinski definition) is 4. The number of halogens is 1. The predicted octanol–water partition coefficient (Wildman–Crippen LogP) is 4.79. The van der Waals surface area contributed by atoms with E-state index in [9.17, 15) is 9.18 Å². The molecule has 2 aromatic rings. The molecule has 0 radical (unpaired) electrons. The number of carbonyl (C=O) groups is 1. The third-order valence-electron chi connectivity index (χ3n) is 7.67. The Balaban J connectivity index is 1.36. The highest BCUT2D eigenvalue weighted by Crippen LogP contribution is 2.58. The van der Waals surface area contributed by atoms with Crippen molar-refractivity contribution in [3.8, 4) is 11.5 Å². The third kappa shape index (κ3) is 4.76. The normalized spacial score (nSPS) is 24.4. The Morgan fingerprint density at radius 1 is 1.06 bits per heavy atom. The molecule has 3 saturated carbocycles. The van der Waals surface area contributed by atoms with Crippen molar-refractivity contribution in [2.75, 3.05) is 20.3 Å². The highest BCUT2D eigenvalue weighted by atomic mass is 19.1. The molecule has 0 aromatic heterocycles. The third-order valence-corrected chi connectivity index (χ3v) is 7.67. The maximum atomic E-state index is 13.2. The van der Waals surface area contributed by atoms with E-state index >= 15 is 0 Å². The zero-order chi connectivity index (χ0) is 23.3. The Morgan fingerprint density at radius 3 is 2.33 bits per heavy atom. The van der Waals surface area contributed by atoms with E-state index in [0.717, 1.165) is 49.8 Å². The van der Waals surface area contributed by atoms with Gasteiger partial charge in [0.05, 0.1) is 13.4 Å². The standard InChI is InChI=1S/C27H33FN2O3/c1-32-24-5-3-2-4-21(24)18-30-25(31)27-13-10-26(11-14-27,12-15-27)22-6-8-23(9-7-22)33-19-20(16-28)17-29/h2-9,16H,10-15,17-19,29H2,1H3,(H,30,31)/b20-16+. The molecular weight excluding hydrogens is 419 g/mol. The topological polar surface area (TPSA) is 73.6 Å². The molecule has 2 aromatic carbocycles. The number of rotatable bonds is 9. The molecule has 3 aliphatic rings. The lowest BCUT2D eigenvalue weighted by Gasteiger charge is -2.52. The van der Waals surface area contributed by atoms with Crippen molar-refractivity contribution < 1.29 is 18.7 Å². The van der Waals surface area contributed by atoms with E-state index in [1.54, 1.807) is 7.11 Å². The molecule has 1 amide bonds. The molecule has 176 valence electrons. The number of nitrogens with one attached hydrogen (secondary N) is 1. The molecule has 0 spiro atoms. The zero-order valence-corrected chi connectivity index (χ0v) is 19.2. The highest BCUT2D eigenvalue weighted by molar-refractivity contribution is 5.83. The highest BCUT2D eigenvalue weighted by Gasteiger charge is 2.52. The lowest BCUT2D eigenvalue weighted by atomic mass is 9.51. The number of fused-ring (bicyclic) bond motifs is 3. The van der Waals surface area contributed by atoms with Crippen LogP contribution in [0.5, 0.6) is 11.5 Å². The van der Waals surface area contributed by atoms with E-state index in [0.29, 0.717) is 24.2 Å². The fraction of sp³-hybridized carbons (Fsp3) is 0.444. The van der Waals surface area contributed by atoms with E-state index in [4.69, 9.17) is 15.2 Å². The van der Waals surface area contributed by atoms with Gasteiger partial charge in [0.1, 0.15) is 18.1 Å². The first-order valence-corrected chi connectivity index (χ1v) is 11.7. The number of ether oxygens (including phenoxy) is 2. The van der Waals surface area contributed by atoms with Crippen LogP contribution >= 0.6 is 0 Å². The van der Waals surface area contributed by atoms with Crippen LogP contribution in [-0.4, -0.2) is 26.2 Å². The second kappa shape index (κ2) is 9.96. The van der Waals surface area contributed by atoms with Crippen LogP contribution < -0.4 is 20.5 Å². The van der Waals surface area contributed by atoms with Crippen LogP contribution in [0.4, 0.5) is 4.39 Å². The number of methoxy groups -OCH3 is 1. The van der Waals surface area contributed by atoms with Crippen molar-refractivity contribution in [1.29, 1.82) is 0 Å². The Hall–Kier alpha value is -2.86. The molecule has 33 heavy (non-hydrogen) atoms. The Kier molecular flexibility index (Phi) is 7.03. The average Bonchev–Trinajstić information content (AvgIpc) is 2.89. The van der Waals surface area contributed by atoms with Gasteiger partial charge < -0.3 is 20.5 Å². The Morgan fingerprint density at radius 2 is 1.73 bits per heavy atom. The maximum Gasteiger partial charge on any atom is 0.226 e. The summed E-state index contributed by atoms with van der Waals surface area (Å²) in [6.07, 6.45) is 6.26. The van der Waals surface area contributed by atoms with E-state index < -0.39 is 0 Å². The van der Waals surface area contributed by atoms with Gasteiger partial charge in [-0.1, -0.05) is 30.3 Å². The molecule has 0 atom stereocenters. The second-order valence-corrected chi connectivity index (χ2v) is 9.34. The molecule has 0 aliphatic heterocycles. The summed E-state index contributed by atoms with van der Waals surface area (Å²) in [5, 5.41) is 3.18. The largest absolute Gasteiger partial charge is 0.496 e. The van der Waals surface area contributed by atoms with Gasteiger partial charge in [0.15, 0.2) is 0 Å². The van der Waals surface area contributed by atoms with Crippen LogP contribution in [-0.2, 0) is 16.8 Å². The first-order chi connectivity index (χ1) is 16.0. The summed E-state index contributed by atoms with van der Waals surface area (Å²) < 4.78 is 23.7. The van der Waals surface area contributed by atoms with Gasteiger partial charge in [-0.15, -0.1) is 0 Å². The molecule has 3 fully saturated rings. The van der Waals surface area contributed by atoms with Crippen LogP contribution in [0.25, 0.3) is 0 Å². The lowest BCUT2D eigenvalue weighted by Crippen LogP contribution is -2.51. The molecule has 5 nitrogen and oxygen atoms in total. The Labute approximate surface area is 195 Å². The number of nitrogens with two attached hydrogens (primary N) is 1. The SMILES string of the molecule is COc1ccccc1CNC(=O)C12CCC(c3ccc(OC/C(=C/F)CN)cc3)(CC1)CC2. The fourth-order valence-electron chi connectivity index (χ4n) is 5.39. The number of hydrogen-bond donors (Lipinski definition) is 2. The molecule has 0 unspecified atom stereocenters. The minimum absolute atomic E-state index is 0.129. The van der Waals surface area contributed by atoms with Crippen molar-refractivity contribution in [3.05, 3.63) is 71.6 Å². The van der Waals surface area contributed by atoms with Crippen molar-refractivity contribution in [2.24, 2.45) is 11.1 Å². The molecule has 6 heteroatoms. The van der Waals surface area contributed by atoms with Crippen molar-refractivity contribution >= 4 is 5.91 Å². The van der Waals surface area contributed by atoms with E-state index in [2.05, 4.69) is 17.4 Å². The summed E-state index contributed by atoms with van der Waals surface area (Å²) in [5.41, 5.74) is 8.08. The van der Waals surface area contributed by atoms with E-state index in [-0.39, 0.29) is 29.9 Å². The predicted molar refractivity (Wildman–Crippen MR) is 127 cm³/mol. The quantitative estimate of drug-likeness (QED) is 0.574. The van der Waals surface area contributed by atoms with E-state index in [1.165, 1.54) is 5.56 Å². The first-order valence-electron chi connectivity index (χ1n) is 11.7. The van der Waals surface area contributed by atoms with Crippen LogP contribution in [0.2, 0.25) is 0 Å². The molecule has 0 heterocycles. The molecule has 0 saturated heterocycles. The smallest absolute Gasteiger partial charge is 0.226 e. The van der Waals surface area contributed by atoms with Gasteiger partial charge in [-0.3, -0.25) is 4.79 Å². The summed E-state index contributed by atoms with van der Waals surface area (Å²) in [7, 11) is 1.65. The summed E-state index contributed by atoms with van der Waals surface area (Å²) in [5.74, 6) is 1.68. The van der Waals surface area contributed by atoms with Crippen molar-refractivity contribution in [2.45, 2.75) is 50.5 Å². The van der Waals surface area contributed by atoms with Gasteiger partial charge >= 0.3 is 0 Å². The van der Waals surface area contributed by atoms with Crippen LogP contribution in [0, 0.1) is 5.41 Å². The number of benzene rings is 2. The summed E-state index contributed by atoms with van der Waals surface area (Å²) in [6, 6.07) is 15.9. The van der Waals surface area contributed by atoms with Gasteiger partial charge in [-0.25, -0.2) is 4.39 Å². The molecule has 2 bridgehead atoms. The van der Waals surface area contributed by atoms with Gasteiger partial charge in [-0.2, -0.15) is 0 Å². The van der Waals surface area contributed by atoms with E-state index in [1.807, 2.05) is 36.4 Å². The van der Waals surface area contributed by atoms with Gasteiger partial charge in [0.25, 0.3) is 0 Å². The first kappa shape index (κ1) is 23.3. The number of carbonyl (C=O) groups excluding carboxylic acids is 1. The van der Waals surface area contributed by atoms with Gasteiger partial charge in [0.2, 0.25) is 5.91 Å². The number of para-hydroxylation sites is 1. The van der Waals surface area contributed by atoms with Gasteiger partial charge in [-0.05, 0) is 67.7 Å². The van der Waals surface area contributed by atoms with Gasteiger partial charge in [0, 0.05) is 29.6 Å². The minimum Gasteiger partial charge on any atom is -0.496 e. The number of amides is 1. The van der Waals surface area contributed by atoms with Crippen molar-refractivity contribution in [3.63, 3.8) is 0 Å². The van der Waals surface area contributed by atoms with Crippen LogP contribution in [0.3, 0.4) is 0 Å². The summed E-state index contributed by atoms with van der Waals surface area (Å²) in [4.78, 5) is 13.2. The molecule has 3 N–H and O–H groups in total. The molecule has 3 aliphatic carbocycles. The minimum atomic E-state index is -0.260. The monoisotopic (exact) mass is 452 g/mol.